The Labute approximate surface area is 75.3 Å². The van der Waals surface area contributed by atoms with Gasteiger partial charge in [-0.1, -0.05) is 12.2 Å². The summed E-state index contributed by atoms with van der Waals surface area (Å²) < 4.78 is 12.7. The molecule has 0 bridgehead atoms. The average molecular weight is 180 g/mol. The van der Waals surface area contributed by atoms with Gasteiger partial charge in [-0.05, 0) is 17.7 Å². The lowest BCUT2D eigenvalue weighted by Crippen LogP contribution is -1.77. The lowest BCUT2D eigenvalue weighted by atomic mass is 10.2. The van der Waals surface area contributed by atoms with E-state index in [0.29, 0.717) is 5.56 Å². The number of aldehydes is 1. The minimum Gasteiger partial charge on any atom is -0.508 e. The Morgan fingerprint density at radius 2 is 2.15 bits per heavy atom. The van der Waals surface area contributed by atoms with E-state index in [9.17, 15) is 9.18 Å². The molecule has 0 saturated heterocycles. The van der Waals surface area contributed by atoms with Gasteiger partial charge >= 0.3 is 0 Å². The smallest absolute Gasteiger partial charge is 0.127 e. The summed E-state index contributed by atoms with van der Waals surface area (Å²) in [7, 11) is 0. The number of halogens is 1. The first kappa shape index (κ1) is 9.45. The molecule has 13 heavy (non-hydrogen) atoms. The van der Waals surface area contributed by atoms with Crippen LogP contribution in [0.3, 0.4) is 0 Å². The number of allylic oxidation sites excluding steroid dienone is 1. The molecule has 68 valence electrons. The average Bonchev–Trinajstić information content (AvgIpc) is 2.03. The summed E-state index contributed by atoms with van der Waals surface area (Å²) >= 11 is 0. The van der Waals surface area contributed by atoms with Crippen LogP contribution in [0.2, 0.25) is 0 Å². The number of hydrogen-bond acceptors (Lipinski definition) is 2. The van der Waals surface area contributed by atoms with Gasteiger partial charge in [0.25, 0.3) is 0 Å². The molecule has 3 heteroatoms. The zero-order valence-electron chi connectivity index (χ0n) is 6.90. The summed E-state index contributed by atoms with van der Waals surface area (Å²) in [6, 6.07) is 3.72. The highest BCUT2D eigenvalue weighted by Gasteiger charge is 1.95. The molecule has 1 N–H and O–H groups in total. The fraction of sp³-hybridized carbons (Fsp3) is 0.100. The minimum atomic E-state index is -0.495. The van der Waals surface area contributed by atoms with Crippen molar-refractivity contribution in [3.63, 3.8) is 0 Å². The van der Waals surface area contributed by atoms with Crippen molar-refractivity contribution >= 4 is 12.4 Å². The van der Waals surface area contributed by atoms with Crippen LogP contribution in [0.15, 0.2) is 24.3 Å². The van der Waals surface area contributed by atoms with E-state index in [4.69, 9.17) is 5.11 Å². The molecule has 0 aliphatic rings. The highest BCUT2D eigenvalue weighted by atomic mass is 19.1. The van der Waals surface area contributed by atoms with Crippen LogP contribution in [0.1, 0.15) is 12.0 Å². The maximum absolute atomic E-state index is 12.7. The molecule has 0 amide bonds. The fourth-order valence-corrected chi connectivity index (χ4v) is 0.952. The monoisotopic (exact) mass is 180 g/mol. The maximum Gasteiger partial charge on any atom is 0.127 e. The number of rotatable bonds is 3. The number of phenolic OH excluding ortho intramolecular Hbond substituents is 1. The molecule has 0 aliphatic heterocycles. The Hall–Kier alpha value is -1.64. The van der Waals surface area contributed by atoms with Crippen LogP contribution in [0, 0.1) is 5.82 Å². The van der Waals surface area contributed by atoms with Crippen molar-refractivity contribution in [1.82, 2.24) is 0 Å². The zero-order valence-corrected chi connectivity index (χ0v) is 6.90. The van der Waals surface area contributed by atoms with Gasteiger partial charge in [0.2, 0.25) is 0 Å². The molecule has 1 aromatic rings. The lowest BCUT2D eigenvalue weighted by Gasteiger charge is -1.95. The fourth-order valence-electron chi connectivity index (χ4n) is 0.952. The second kappa shape index (κ2) is 4.40. The van der Waals surface area contributed by atoms with Crippen molar-refractivity contribution in [2.24, 2.45) is 0 Å². The Balaban J connectivity index is 2.82. The van der Waals surface area contributed by atoms with Crippen molar-refractivity contribution in [3.05, 3.63) is 35.7 Å². The van der Waals surface area contributed by atoms with Crippen LogP contribution in [0.4, 0.5) is 4.39 Å². The van der Waals surface area contributed by atoms with Crippen LogP contribution in [0.25, 0.3) is 6.08 Å². The summed E-state index contributed by atoms with van der Waals surface area (Å²) in [5, 5.41) is 9.01. The molecule has 2 nitrogen and oxygen atoms in total. The van der Waals surface area contributed by atoms with Crippen LogP contribution in [0.5, 0.6) is 5.75 Å². The van der Waals surface area contributed by atoms with Crippen molar-refractivity contribution in [2.45, 2.75) is 6.42 Å². The van der Waals surface area contributed by atoms with Crippen molar-refractivity contribution in [1.29, 1.82) is 0 Å². The van der Waals surface area contributed by atoms with Gasteiger partial charge in [-0.2, -0.15) is 0 Å². The van der Waals surface area contributed by atoms with E-state index in [1.54, 1.807) is 12.2 Å². The topological polar surface area (TPSA) is 37.3 Å². The van der Waals surface area contributed by atoms with E-state index in [2.05, 4.69) is 0 Å². The first-order chi connectivity index (χ1) is 6.22. The van der Waals surface area contributed by atoms with Gasteiger partial charge in [-0.3, -0.25) is 0 Å². The van der Waals surface area contributed by atoms with E-state index in [-0.39, 0.29) is 12.2 Å². The van der Waals surface area contributed by atoms with E-state index < -0.39 is 5.82 Å². The highest BCUT2D eigenvalue weighted by molar-refractivity contribution is 5.58. The first-order valence-electron chi connectivity index (χ1n) is 3.82. The zero-order chi connectivity index (χ0) is 9.68. The minimum absolute atomic E-state index is 0.120. The predicted molar refractivity (Wildman–Crippen MR) is 47.8 cm³/mol. The van der Waals surface area contributed by atoms with E-state index in [1.807, 2.05) is 0 Å². The van der Waals surface area contributed by atoms with Crippen molar-refractivity contribution in [3.8, 4) is 5.75 Å². The van der Waals surface area contributed by atoms with Gasteiger partial charge in [-0.25, -0.2) is 4.39 Å². The van der Waals surface area contributed by atoms with Crippen LogP contribution >= 0.6 is 0 Å². The molecule has 0 aromatic heterocycles. The molecule has 0 aliphatic carbocycles. The molecule has 0 atom stereocenters. The second-order valence-corrected chi connectivity index (χ2v) is 2.55. The Kier molecular flexibility index (Phi) is 3.20. The molecule has 0 heterocycles. The third-order valence-electron chi connectivity index (χ3n) is 1.45. The van der Waals surface area contributed by atoms with Crippen LogP contribution in [-0.4, -0.2) is 11.4 Å². The lowest BCUT2D eigenvalue weighted by molar-refractivity contribution is -0.107. The van der Waals surface area contributed by atoms with E-state index >= 15 is 0 Å². The summed E-state index contributed by atoms with van der Waals surface area (Å²) in [5.74, 6) is -0.614. The molecule has 1 aromatic carbocycles. The first-order valence-corrected chi connectivity index (χ1v) is 3.82. The standard InChI is InChI=1S/C10H9FO2/c11-9-5-8(3-1-2-4-12)6-10(13)7-9/h1,3-7,13H,2H2. The number of aromatic hydroxyl groups is 1. The highest BCUT2D eigenvalue weighted by Crippen LogP contribution is 2.15. The van der Waals surface area contributed by atoms with Gasteiger partial charge in [-0.15, -0.1) is 0 Å². The molecule has 0 fully saturated rings. The Morgan fingerprint density at radius 3 is 2.77 bits per heavy atom. The quantitative estimate of drug-likeness (QED) is 0.723. The van der Waals surface area contributed by atoms with E-state index in [1.165, 1.54) is 12.1 Å². The summed E-state index contributed by atoms with van der Waals surface area (Å²) in [4.78, 5) is 9.95. The number of carbonyl (C=O) groups excluding carboxylic acids is 1. The molecule has 0 unspecified atom stereocenters. The predicted octanol–water partition coefficient (Wildman–Crippen LogP) is 2.13. The third kappa shape index (κ3) is 3.07. The van der Waals surface area contributed by atoms with Crippen LogP contribution < -0.4 is 0 Å². The molecule has 0 radical (unpaired) electrons. The van der Waals surface area contributed by atoms with E-state index in [0.717, 1.165) is 12.4 Å². The molecule has 0 spiro atoms. The van der Waals surface area contributed by atoms with Gasteiger partial charge in [0, 0.05) is 12.5 Å². The van der Waals surface area contributed by atoms with Crippen LogP contribution in [-0.2, 0) is 4.79 Å². The summed E-state index contributed by atoms with van der Waals surface area (Å²) in [6.45, 7) is 0. The Bertz CT molecular complexity index is 311. The molecule has 0 saturated carbocycles. The van der Waals surface area contributed by atoms with Crippen molar-refractivity contribution < 1.29 is 14.3 Å². The SMILES string of the molecule is O=CCC=Cc1cc(O)cc(F)c1. The molecular formula is C10H9FO2. The number of phenols is 1. The summed E-state index contributed by atoms with van der Waals surface area (Å²) in [5.41, 5.74) is 0.541. The summed E-state index contributed by atoms with van der Waals surface area (Å²) in [6.07, 6.45) is 4.21. The van der Waals surface area contributed by atoms with Gasteiger partial charge in [0.1, 0.15) is 17.9 Å². The molecular weight excluding hydrogens is 171 g/mol. The normalized spacial score (nSPS) is 10.5. The number of benzene rings is 1. The van der Waals surface area contributed by atoms with Gasteiger partial charge in [0.15, 0.2) is 0 Å². The maximum atomic E-state index is 12.7. The van der Waals surface area contributed by atoms with Gasteiger partial charge in [0.05, 0.1) is 0 Å². The van der Waals surface area contributed by atoms with Gasteiger partial charge < -0.3 is 9.90 Å². The number of hydrogen-bond donors (Lipinski definition) is 1. The number of carbonyl (C=O) groups is 1. The largest absolute Gasteiger partial charge is 0.508 e. The van der Waals surface area contributed by atoms with Crippen molar-refractivity contribution in [2.75, 3.05) is 0 Å². The third-order valence-corrected chi connectivity index (χ3v) is 1.45. The molecule has 1 rings (SSSR count). The second-order valence-electron chi connectivity index (χ2n) is 2.55. The Morgan fingerprint density at radius 1 is 1.38 bits per heavy atom.